The van der Waals surface area contributed by atoms with Crippen LogP contribution in [0.15, 0.2) is 42.5 Å². The highest BCUT2D eigenvalue weighted by molar-refractivity contribution is 6.30. The van der Waals surface area contributed by atoms with Crippen molar-refractivity contribution in [2.45, 2.75) is 6.92 Å². The molecule has 2 aromatic carbocycles. The predicted octanol–water partition coefficient (Wildman–Crippen LogP) is 4.84. The monoisotopic (exact) mass is 364 g/mol. The standard InChI is InChI=1S/C17H11ClF2N2O3/c1-9-4-10(6-11(19)5-9)15-8-16(25-17(23)24)21-22(15)12-2-3-14(20)13(18)7-12/h2-8H,1H3,(H,23,24). The van der Waals surface area contributed by atoms with E-state index >= 15 is 0 Å². The summed E-state index contributed by atoms with van der Waals surface area (Å²) in [6.07, 6.45) is -1.54. The Kier molecular flexibility index (Phi) is 4.41. The lowest BCUT2D eigenvalue weighted by atomic mass is 10.1. The molecule has 0 fully saturated rings. The van der Waals surface area contributed by atoms with Gasteiger partial charge in [-0.25, -0.2) is 18.3 Å². The maximum Gasteiger partial charge on any atom is 0.512 e. The van der Waals surface area contributed by atoms with E-state index < -0.39 is 17.8 Å². The smallest absolute Gasteiger partial charge is 0.449 e. The Balaban J connectivity index is 2.20. The SMILES string of the molecule is Cc1cc(F)cc(-c2cc(OC(=O)O)nn2-c2ccc(F)c(Cl)c2)c1. The molecule has 0 bridgehead atoms. The summed E-state index contributed by atoms with van der Waals surface area (Å²) in [6.45, 7) is 1.72. The number of carboxylic acid groups (broad SMARTS) is 1. The molecule has 0 aliphatic heterocycles. The Morgan fingerprint density at radius 3 is 2.60 bits per heavy atom. The minimum Gasteiger partial charge on any atom is -0.449 e. The van der Waals surface area contributed by atoms with Crippen molar-refractivity contribution in [1.29, 1.82) is 0 Å². The quantitative estimate of drug-likeness (QED) is 0.676. The van der Waals surface area contributed by atoms with Crippen molar-refractivity contribution in [3.63, 3.8) is 0 Å². The van der Waals surface area contributed by atoms with Crippen molar-refractivity contribution in [2.24, 2.45) is 0 Å². The van der Waals surface area contributed by atoms with Gasteiger partial charge in [0.25, 0.3) is 0 Å². The number of rotatable bonds is 3. The van der Waals surface area contributed by atoms with Gasteiger partial charge in [0, 0.05) is 11.6 Å². The van der Waals surface area contributed by atoms with Crippen molar-refractivity contribution in [1.82, 2.24) is 9.78 Å². The van der Waals surface area contributed by atoms with E-state index in [9.17, 15) is 13.6 Å². The highest BCUT2D eigenvalue weighted by Crippen LogP contribution is 2.30. The largest absolute Gasteiger partial charge is 0.512 e. The topological polar surface area (TPSA) is 64.3 Å². The van der Waals surface area contributed by atoms with Crippen molar-refractivity contribution < 1.29 is 23.4 Å². The second-order valence-corrected chi connectivity index (χ2v) is 5.67. The van der Waals surface area contributed by atoms with E-state index in [-0.39, 0.29) is 10.9 Å². The molecule has 0 atom stereocenters. The van der Waals surface area contributed by atoms with Gasteiger partial charge in [0.15, 0.2) is 0 Å². The van der Waals surface area contributed by atoms with Crippen LogP contribution in [0, 0.1) is 18.6 Å². The molecule has 25 heavy (non-hydrogen) atoms. The Labute approximate surface area is 146 Å². The molecule has 3 aromatic rings. The second-order valence-electron chi connectivity index (χ2n) is 5.26. The lowest BCUT2D eigenvalue weighted by Crippen LogP contribution is -2.04. The van der Waals surface area contributed by atoms with E-state index in [1.54, 1.807) is 13.0 Å². The molecular weight excluding hydrogens is 354 g/mol. The van der Waals surface area contributed by atoms with Gasteiger partial charge in [-0.15, -0.1) is 5.10 Å². The van der Waals surface area contributed by atoms with Gasteiger partial charge in [-0.05, 0) is 48.9 Å². The molecule has 0 aliphatic rings. The lowest BCUT2D eigenvalue weighted by Gasteiger charge is -2.09. The van der Waals surface area contributed by atoms with Crippen molar-refractivity contribution in [3.05, 3.63) is 64.7 Å². The van der Waals surface area contributed by atoms with Crippen LogP contribution in [0.4, 0.5) is 13.6 Å². The van der Waals surface area contributed by atoms with Gasteiger partial charge in [-0.1, -0.05) is 11.6 Å². The van der Waals surface area contributed by atoms with Gasteiger partial charge in [0.05, 0.1) is 16.4 Å². The number of benzene rings is 2. The fourth-order valence-corrected chi connectivity index (χ4v) is 2.58. The first-order chi connectivity index (χ1) is 11.8. The zero-order valence-electron chi connectivity index (χ0n) is 12.8. The van der Waals surface area contributed by atoms with E-state index in [1.807, 2.05) is 0 Å². The molecule has 0 spiro atoms. The van der Waals surface area contributed by atoms with Crippen LogP contribution in [0.5, 0.6) is 5.88 Å². The molecule has 8 heteroatoms. The molecular formula is C17H11ClF2N2O3. The summed E-state index contributed by atoms with van der Waals surface area (Å²) in [7, 11) is 0. The molecule has 0 saturated heterocycles. The van der Waals surface area contributed by atoms with E-state index in [0.717, 1.165) is 6.07 Å². The molecule has 1 heterocycles. The van der Waals surface area contributed by atoms with E-state index in [2.05, 4.69) is 9.84 Å². The minimum absolute atomic E-state index is 0.130. The summed E-state index contributed by atoms with van der Waals surface area (Å²) < 4.78 is 33.0. The molecule has 0 amide bonds. The van der Waals surface area contributed by atoms with Crippen molar-refractivity contribution in [2.75, 3.05) is 0 Å². The van der Waals surface area contributed by atoms with Gasteiger partial charge in [0.1, 0.15) is 11.6 Å². The fraction of sp³-hybridized carbons (Fsp3) is 0.0588. The lowest BCUT2D eigenvalue weighted by molar-refractivity contribution is 0.142. The number of halogens is 3. The first-order valence-electron chi connectivity index (χ1n) is 7.07. The molecule has 0 saturated carbocycles. The van der Waals surface area contributed by atoms with E-state index in [0.29, 0.717) is 22.5 Å². The number of aryl methyl sites for hydroxylation is 1. The average Bonchev–Trinajstić information content (AvgIpc) is 2.92. The van der Waals surface area contributed by atoms with Crippen molar-refractivity contribution in [3.8, 4) is 22.8 Å². The van der Waals surface area contributed by atoms with Crippen LogP contribution >= 0.6 is 11.6 Å². The molecule has 3 rings (SSSR count). The average molecular weight is 365 g/mol. The van der Waals surface area contributed by atoms with Crippen LogP contribution < -0.4 is 4.74 Å². The molecule has 0 radical (unpaired) electrons. The Morgan fingerprint density at radius 1 is 1.20 bits per heavy atom. The zero-order chi connectivity index (χ0) is 18.1. The molecule has 1 N–H and O–H groups in total. The second kappa shape index (κ2) is 6.52. The molecule has 5 nitrogen and oxygen atoms in total. The predicted molar refractivity (Wildman–Crippen MR) is 87.3 cm³/mol. The van der Waals surface area contributed by atoms with Gasteiger partial charge in [0.2, 0.25) is 5.88 Å². The third-order valence-corrected chi connectivity index (χ3v) is 3.65. The molecule has 1 aromatic heterocycles. The molecule has 128 valence electrons. The minimum atomic E-state index is -1.54. The molecule has 0 aliphatic carbocycles. The third kappa shape index (κ3) is 3.61. The number of hydrogen-bond donors (Lipinski definition) is 1. The summed E-state index contributed by atoms with van der Waals surface area (Å²) in [5.74, 6) is -1.27. The summed E-state index contributed by atoms with van der Waals surface area (Å²) in [6, 6.07) is 9.56. The van der Waals surface area contributed by atoms with Gasteiger partial charge >= 0.3 is 6.16 Å². The van der Waals surface area contributed by atoms with Crippen LogP contribution in [0.3, 0.4) is 0 Å². The number of ether oxygens (including phenoxy) is 1. The maximum absolute atomic E-state index is 13.8. The number of aromatic nitrogens is 2. The fourth-order valence-electron chi connectivity index (χ4n) is 2.40. The zero-order valence-corrected chi connectivity index (χ0v) is 13.6. The highest BCUT2D eigenvalue weighted by atomic mass is 35.5. The van der Waals surface area contributed by atoms with Gasteiger partial charge in [-0.3, -0.25) is 0 Å². The summed E-state index contributed by atoms with van der Waals surface area (Å²) >= 11 is 5.80. The third-order valence-electron chi connectivity index (χ3n) is 3.36. The van der Waals surface area contributed by atoms with Crippen LogP contribution in [0.2, 0.25) is 5.02 Å². The Morgan fingerprint density at radius 2 is 1.96 bits per heavy atom. The molecule has 0 unspecified atom stereocenters. The van der Waals surface area contributed by atoms with Gasteiger partial charge in [-0.2, -0.15) is 0 Å². The normalized spacial score (nSPS) is 10.7. The van der Waals surface area contributed by atoms with Crippen LogP contribution in [0.25, 0.3) is 16.9 Å². The first kappa shape index (κ1) is 16.9. The van der Waals surface area contributed by atoms with Crippen LogP contribution in [-0.4, -0.2) is 21.0 Å². The number of carbonyl (C=O) groups is 1. The number of hydrogen-bond acceptors (Lipinski definition) is 3. The summed E-state index contributed by atoms with van der Waals surface area (Å²) in [5, 5.41) is 12.7. The van der Waals surface area contributed by atoms with E-state index in [1.165, 1.54) is 35.0 Å². The summed E-state index contributed by atoms with van der Waals surface area (Å²) in [5.41, 5.74) is 1.84. The van der Waals surface area contributed by atoms with Crippen LogP contribution in [0.1, 0.15) is 5.56 Å². The number of nitrogens with zero attached hydrogens (tertiary/aromatic N) is 2. The van der Waals surface area contributed by atoms with Crippen LogP contribution in [-0.2, 0) is 0 Å². The first-order valence-corrected chi connectivity index (χ1v) is 7.45. The highest BCUT2D eigenvalue weighted by Gasteiger charge is 2.16. The Hall–Kier alpha value is -2.93. The van der Waals surface area contributed by atoms with E-state index in [4.69, 9.17) is 16.7 Å². The van der Waals surface area contributed by atoms with Gasteiger partial charge < -0.3 is 9.84 Å². The van der Waals surface area contributed by atoms with Crippen molar-refractivity contribution >= 4 is 17.8 Å². The Bertz CT molecular complexity index is 952. The maximum atomic E-state index is 13.8. The summed E-state index contributed by atoms with van der Waals surface area (Å²) in [4.78, 5) is 10.8.